The molecular weight excluding hydrogens is 396 g/mol. The molecule has 2 rings (SSSR count). The third kappa shape index (κ3) is 5.49. The van der Waals surface area contributed by atoms with Crippen LogP contribution in [0.4, 0.5) is 14.5 Å². The van der Waals surface area contributed by atoms with Crippen molar-refractivity contribution < 1.29 is 23.1 Å². The second kappa shape index (κ2) is 8.53. The number of carbonyl (C=O) groups excluding carboxylic acids is 2. The highest BCUT2D eigenvalue weighted by Gasteiger charge is 2.19. The Labute approximate surface area is 151 Å². The Bertz CT molecular complexity index is 786. The number of esters is 1. The van der Waals surface area contributed by atoms with E-state index in [4.69, 9.17) is 4.74 Å². The molecule has 0 spiro atoms. The number of hydrogen-bond donors (Lipinski definition) is 1. The van der Waals surface area contributed by atoms with E-state index in [1.54, 1.807) is 12.1 Å². The number of rotatable bonds is 5. The molecule has 0 bridgehead atoms. The highest BCUT2D eigenvalue weighted by atomic mass is 79.9. The molecule has 0 aliphatic carbocycles. The first-order valence-electron chi connectivity index (χ1n) is 7.26. The molecule has 0 heterocycles. The van der Waals surface area contributed by atoms with Gasteiger partial charge in [0.15, 0.2) is 6.10 Å². The van der Waals surface area contributed by atoms with E-state index in [0.29, 0.717) is 0 Å². The Balaban J connectivity index is 1.94. The van der Waals surface area contributed by atoms with E-state index in [2.05, 4.69) is 21.2 Å². The second-order valence-corrected chi connectivity index (χ2v) is 5.97. The largest absolute Gasteiger partial charge is 0.449 e. The minimum atomic E-state index is -1.22. The zero-order chi connectivity index (χ0) is 18.4. The predicted molar refractivity (Wildman–Crippen MR) is 93.7 cm³/mol. The first-order valence-corrected chi connectivity index (χ1v) is 8.05. The van der Waals surface area contributed by atoms with Crippen LogP contribution in [0.5, 0.6) is 0 Å². The maximum atomic E-state index is 13.5. The number of carbonyl (C=O) groups is 2. The third-order valence-electron chi connectivity index (χ3n) is 3.15. The van der Waals surface area contributed by atoms with Crippen LogP contribution in [0.3, 0.4) is 0 Å². The fourth-order valence-corrected chi connectivity index (χ4v) is 2.11. The van der Waals surface area contributed by atoms with Crippen molar-refractivity contribution in [2.45, 2.75) is 13.0 Å². The fourth-order valence-electron chi connectivity index (χ4n) is 1.85. The molecule has 0 saturated carbocycles. The number of hydrogen-bond acceptors (Lipinski definition) is 3. The van der Waals surface area contributed by atoms with Gasteiger partial charge in [-0.1, -0.05) is 34.1 Å². The quantitative estimate of drug-likeness (QED) is 0.591. The molecule has 1 atom stereocenters. The van der Waals surface area contributed by atoms with Crippen molar-refractivity contribution in [2.24, 2.45) is 0 Å². The predicted octanol–water partition coefficient (Wildman–Crippen LogP) is 4.31. The summed E-state index contributed by atoms with van der Waals surface area (Å²) < 4.78 is 32.8. The van der Waals surface area contributed by atoms with Crippen molar-refractivity contribution in [1.82, 2.24) is 0 Å². The van der Waals surface area contributed by atoms with Crippen LogP contribution in [0.25, 0.3) is 6.08 Å². The van der Waals surface area contributed by atoms with Crippen LogP contribution in [0.15, 0.2) is 53.0 Å². The smallest absolute Gasteiger partial charge is 0.331 e. The van der Waals surface area contributed by atoms with Gasteiger partial charge in [0, 0.05) is 10.5 Å². The van der Waals surface area contributed by atoms with E-state index < -0.39 is 35.3 Å². The van der Waals surface area contributed by atoms with E-state index >= 15 is 0 Å². The van der Waals surface area contributed by atoms with Crippen LogP contribution in [0.1, 0.15) is 12.5 Å². The van der Waals surface area contributed by atoms with Gasteiger partial charge in [-0.05, 0) is 42.8 Å². The van der Waals surface area contributed by atoms with Gasteiger partial charge in [0.05, 0.1) is 0 Å². The van der Waals surface area contributed by atoms with Crippen LogP contribution in [-0.2, 0) is 14.3 Å². The molecule has 2 aromatic rings. The van der Waals surface area contributed by atoms with Crippen molar-refractivity contribution in [3.8, 4) is 0 Å². The third-order valence-corrected chi connectivity index (χ3v) is 3.68. The van der Waals surface area contributed by atoms with E-state index in [9.17, 15) is 18.4 Å². The maximum Gasteiger partial charge on any atom is 0.331 e. The van der Waals surface area contributed by atoms with Gasteiger partial charge in [-0.15, -0.1) is 0 Å². The summed E-state index contributed by atoms with van der Waals surface area (Å²) in [7, 11) is 0. The maximum absolute atomic E-state index is 13.5. The Hall–Kier alpha value is -2.54. The molecule has 0 aromatic heterocycles. The van der Waals surface area contributed by atoms with Crippen LogP contribution >= 0.6 is 15.9 Å². The summed E-state index contributed by atoms with van der Waals surface area (Å²) >= 11 is 3.30. The lowest BCUT2D eigenvalue weighted by atomic mass is 10.2. The average Bonchev–Trinajstić information content (AvgIpc) is 2.57. The monoisotopic (exact) mass is 409 g/mol. The van der Waals surface area contributed by atoms with Gasteiger partial charge >= 0.3 is 5.97 Å². The molecule has 0 saturated heterocycles. The SMILES string of the molecule is C[C@@H](OC(=O)/C=C/c1ccc(Br)cc1)C(=O)Nc1c(F)cccc1F. The van der Waals surface area contributed by atoms with Gasteiger partial charge < -0.3 is 10.1 Å². The van der Waals surface area contributed by atoms with Gasteiger partial charge in [0.25, 0.3) is 5.91 Å². The van der Waals surface area contributed by atoms with Crippen molar-refractivity contribution in [3.05, 3.63) is 70.2 Å². The van der Waals surface area contributed by atoms with Crippen molar-refractivity contribution in [2.75, 3.05) is 5.32 Å². The van der Waals surface area contributed by atoms with Crippen LogP contribution in [-0.4, -0.2) is 18.0 Å². The fraction of sp³-hybridized carbons (Fsp3) is 0.111. The lowest BCUT2D eigenvalue weighted by Crippen LogP contribution is -2.30. The summed E-state index contributed by atoms with van der Waals surface area (Å²) in [6.45, 7) is 1.31. The molecule has 7 heteroatoms. The molecule has 0 aliphatic rings. The zero-order valence-electron chi connectivity index (χ0n) is 13.1. The number of ether oxygens (including phenoxy) is 1. The zero-order valence-corrected chi connectivity index (χ0v) is 14.7. The standard InChI is InChI=1S/C18H14BrF2NO3/c1-11(18(24)22-17-14(20)3-2-4-15(17)21)25-16(23)10-7-12-5-8-13(19)9-6-12/h2-11H,1H3,(H,22,24)/b10-7+/t11-/m1/s1. The molecule has 4 nitrogen and oxygen atoms in total. The Morgan fingerprint density at radius 1 is 1.12 bits per heavy atom. The average molecular weight is 410 g/mol. The highest BCUT2D eigenvalue weighted by Crippen LogP contribution is 2.18. The minimum Gasteiger partial charge on any atom is -0.449 e. The Morgan fingerprint density at radius 2 is 1.72 bits per heavy atom. The summed E-state index contributed by atoms with van der Waals surface area (Å²) in [5, 5.41) is 2.07. The molecule has 0 unspecified atom stereocenters. The van der Waals surface area contributed by atoms with Crippen LogP contribution in [0, 0.1) is 11.6 Å². The number of para-hydroxylation sites is 1. The molecular formula is C18H14BrF2NO3. The van der Waals surface area contributed by atoms with Crippen molar-refractivity contribution >= 4 is 39.6 Å². The van der Waals surface area contributed by atoms with E-state index in [1.165, 1.54) is 19.1 Å². The molecule has 1 amide bonds. The Kier molecular flexibility index (Phi) is 6.41. The number of halogens is 3. The lowest BCUT2D eigenvalue weighted by Gasteiger charge is -2.13. The molecule has 130 valence electrons. The van der Waals surface area contributed by atoms with Crippen LogP contribution < -0.4 is 5.32 Å². The van der Waals surface area contributed by atoms with Gasteiger partial charge in [0.2, 0.25) is 0 Å². The molecule has 2 aromatic carbocycles. The summed E-state index contributed by atoms with van der Waals surface area (Å²) in [4.78, 5) is 23.7. The molecule has 0 aliphatic heterocycles. The van der Waals surface area contributed by atoms with Gasteiger partial charge in [-0.25, -0.2) is 13.6 Å². The number of benzene rings is 2. The van der Waals surface area contributed by atoms with Crippen molar-refractivity contribution in [3.63, 3.8) is 0 Å². The van der Waals surface area contributed by atoms with Crippen LogP contribution in [0.2, 0.25) is 0 Å². The first-order chi connectivity index (χ1) is 11.9. The molecule has 0 fully saturated rings. The van der Waals surface area contributed by atoms with Gasteiger partial charge in [0.1, 0.15) is 17.3 Å². The second-order valence-electron chi connectivity index (χ2n) is 5.05. The highest BCUT2D eigenvalue weighted by molar-refractivity contribution is 9.10. The summed E-state index contributed by atoms with van der Waals surface area (Å²) in [5.41, 5.74) is 0.187. The summed E-state index contributed by atoms with van der Waals surface area (Å²) in [6, 6.07) is 10.4. The molecule has 25 heavy (non-hydrogen) atoms. The lowest BCUT2D eigenvalue weighted by molar-refractivity contribution is -0.148. The van der Waals surface area contributed by atoms with E-state index in [0.717, 1.165) is 28.2 Å². The molecule has 1 N–H and O–H groups in total. The number of amides is 1. The Morgan fingerprint density at radius 3 is 2.32 bits per heavy atom. The summed E-state index contributed by atoms with van der Waals surface area (Å²) in [5.74, 6) is -3.42. The number of anilines is 1. The minimum absolute atomic E-state index is 0.583. The van der Waals surface area contributed by atoms with E-state index in [-0.39, 0.29) is 0 Å². The van der Waals surface area contributed by atoms with Crippen molar-refractivity contribution in [1.29, 1.82) is 0 Å². The first kappa shape index (κ1) is 18.8. The normalized spacial score (nSPS) is 12.0. The topological polar surface area (TPSA) is 55.4 Å². The van der Waals surface area contributed by atoms with Gasteiger partial charge in [-0.3, -0.25) is 4.79 Å². The molecule has 0 radical (unpaired) electrons. The summed E-state index contributed by atoms with van der Waals surface area (Å²) in [6.07, 6.45) is 1.47. The van der Waals surface area contributed by atoms with Gasteiger partial charge in [-0.2, -0.15) is 0 Å². The number of nitrogens with one attached hydrogen (secondary N) is 1. The van der Waals surface area contributed by atoms with E-state index in [1.807, 2.05) is 12.1 Å².